The number of rotatable bonds is 6. The van der Waals surface area contributed by atoms with Gasteiger partial charge in [0, 0.05) is 12.1 Å². The van der Waals surface area contributed by atoms with Crippen molar-refractivity contribution >= 4 is 17.5 Å². The smallest absolute Gasteiger partial charge is 0.260 e. The van der Waals surface area contributed by atoms with E-state index in [1.807, 2.05) is 13.8 Å². The van der Waals surface area contributed by atoms with E-state index < -0.39 is 6.10 Å². The van der Waals surface area contributed by atoms with Crippen LogP contribution in [0.15, 0.2) is 18.2 Å². The van der Waals surface area contributed by atoms with E-state index >= 15 is 0 Å². The molecule has 0 aliphatic carbocycles. The largest absolute Gasteiger partial charge is 0.479 e. The second-order valence-corrected chi connectivity index (χ2v) is 5.19. The minimum Gasteiger partial charge on any atom is -0.479 e. The van der Waals surface area contributed by atoms with Gasteiger partial charge in [-0.15, -0.1) is 0 Å². The van der Waals surface area contributed by atoms with E-state index in [0.29, 0.717) is 28.8 Å². The first kappa shape index (κ1) is 15.8. The third kappa shape index (κ3) is 4.73. The summed E-state index contributed by atoms with van der Waals surface area (Å²) in [4.78, 5) is 11.8. The summed E-state index contributed by atoms with van der Waals surface area (Å²) in [6.45, 7) is 6.10. The SMILES string of the molecule is CC(C)CNC(=O)C(C)Oc1c(Cl)cccc1CO. The van der Waals surface area contributed by atoms with Gasteiger partial charge in [0.25, 0.3) is 5.91 Å². The van der Waals surface area contributed by atoms with Gasteiger partial charge in [-0.05, 0) is 18.9 Å². The number of hydrogen-bond acceptors (Lipinski definition) is 3. The van der Waals surface area contributed by atoms with E-state index in [2.05, 4.69) is 5.32 Å². The molecule has 0 radical (unpaired) electrons. The standard InChI is InChI=1S/C14H20ClNO3/c1-9(2)7-16-14(18)10(3)19-13-11(8-17)5-4-6-12(13)15/h4-6,9-10,17H,7-8H2,1-3H3,(H,16,18). The maximum absolute atomic E-state index is 11.8. The highest BCUT2D eigenvalue weighted by Crippen LogP contribution is 2.29. The fourth-order valence-corrected chi connectivity index (χ4v) is 1.73. The van der Waals surface area contributed by atoms with E-state index in [4.69, 9.17) is 16.3 Å². The predicted molar refractivity (Wildman–Crippen MR) is 75.3 cm³/mol. The van der Waals surface area contributed by atoms with Gasteiger partial charge < -0.3 is 15.2 Å². The van der Waals surface area contributed by atoms with Crippen LogP contribution in [0, 0.1) is 5.92 Å². The van der Waals surface area contributed by atoms with Crippen molar-refractivity contribution < 1.29 is 14.6 Å². The molecule has 0 heterocycles. The molecule has 19 heavy (non-hydrogen) atoms. The van der Waals surface area contributed by atoms with Gasteiger partial charge in [0.2, 0.25) is 0 Å². The van der Waals surface area contributed by atoms with Crippen LogP contribution in [0.1, 0.15) is 26.3 Å². The van der Waals surface area contributed by atoms with Crippen LogP contribution in [0.4, 0.5) is 0 Å². The number of benzene rings is 1. The molecule has 0 spiro atoms. The summed E-state index contributed by atoms with van der Waals surface area (Å²) >= 11 is 6.02. The van der Waals surface area contributed by atoms with E-state index in [1.54, 1.807) is 25.1 Å². The lowest BCUT2D eigenvalue weighted by molar-refractivity contribution is -0.127. The Kier molecular flexibility index (Phi) is 6.12. The van der Waals surface area contributed by atoms with Crippen LogP contribution in [0.5, 0.6) is 5.75 Å². The molecule has 0 aromatic heterocycles. The Bertz CT molecular complexity index is 435. The first-order valence-corrected chi connectivity index (χ1v) is 6.66. The lowest BCUT2D eigenvalue weighted by Crippen LogP contribution is -2.38. The highest BCUT2D eigenvalue weighted by atomic mass is 35.5. The van der Waals surface area contributed by atoms with E-state index in [9.17, 15) is 9.90 Å². The third-order valence-corrected chi connectivity index (χ3v) is 2.86. The molecule has 0 aliphatic heterocycles. The fraction of sp³-hybridized carbons (Fsp3) is 0.500. The number of amides is 1. The second kappa shape index (κ2) is 7.36. The Labute approximate surface area is 118 Å². The molecule has 1 rings (SSSR count). The molecule has 5 heteroatoms. The quantitative estimate of drug-likeness (QED) is 0.844. The molecule has 106 valence electrons. The van der Waals surface area contributed by atoms with Crippen LogP contribution in [-0.2, 0) is 11.4 Å². The summed E-state index contributed by atoms with van der Waals surface area (Å²) in [7, 11) is 0. The highest BCUT2D eigenvalue weighted by Gasteiger charge is 2.18. The molecule has 0 saturated heterocycles. The molecule has 0 fully saturated rings. The van der Waals surface area contributed by atoms with Crippen molar-refractivity contribution in [3.05, 3.63) is 28.8 Å². The van der Waals surface area contributed by atoms with Gasteiger partial charge in [-0.2, -0.15) is 0 Å². The van der Waals surface area contributed by atoms with Gasteiger partial charge in [-0.1, -0.05) is 37.6 Å². The number of carbonyl (C=O) groups is 1. The molecule has 2 N–H and O–H groups in total. The van der Waals surface area contributed by atoms with Crippen molar-refractivity contribution in [3.63, 3.8) is 0 Å². The van der Waals surface area contributed by atoms with Crippen LogP contribution in [0.2, 0.25) is 5.02 Å². The van der Waals surface area contributed by atoms with E-state index in [0.717, 1.165) is 0 Å². The summed E-state index contributed by atoms with van der Waals surface area (Å²) in [5.41, 5.74) is 0.566. The zero-order chi connectivity index (χ0) is 14.4. The number of nitrogens with one attached hydrogen (secondary N) is 1. The summed E-state index contributed by atoms with van der Waals surface area (Å²) in [6, 6.07) is 5.10. The maximum Gasteiger partial charge on any atom is 0.260 e. The molecule has 4 nitrogen and oxygen atoms in total. The van der Waals surface area contributed by atoms with Gasteiger partial charge >= 0.3 is 0 Å². The Morgan fingerprint density at radius 2 is 2.11 bits per heavy atom. The molecular formula is C14H20ClNO3. The molecule has 0 bridgehead atoms. The molecule has 1 atom stereocenters. The van der Waals surface area contributed by atoms with Gasteiger partial charge in [0.05, 0.1) is 11.6 Å². The van der Waals surface area contributed by atoms with Gasteiger partial charge in [-0.3, -0.25) is 4.79 Å². The predicted octanol–water partition coefficient (Wildman–Crippen LogP) is 2.37. The topological polar surface area (TPSA) is 58.6 Å². The first-order chi connectivity index (χ1) is 8.95. The van der Waals surface area contributed by atoms with Crippen molar-refractivity contribution in [2.45, 2.75) is 33.5 Å². The molecule has 0 saturated carbocycles. The van der Waals surface area contributed by atoms with E-state index in [1.165, 1.54) is 0 Å². The molecule has 0 aliphatic rings. The minimum atomic E-state index is -0.663. The van der Waals surface area contributed by atoms with Gasteiger partial charge in [0.15, 0.2) is 6.10 Å². The number of hydrogen-bond donors (Lipinski definition) is 2. The molecule has 1 aromatic rings. The summed E-state index contributed by atoms with van der Waals surface area (Å²) < 4.78 is 5.56. The average Bonchev–Trinajstić information content (AvgIpc) is 2.37. The second-order valence-electron chi connectivity index (χ2n) is 4.79. The van der Waals surface area contributed by atoms with Crippen molar-refractivity contribution in [1.29, 1.82) is 0 Å². The maximum atomic E-state index is 11.8. The molecule has 1 aromatic carbocycles. The van der Waals surface area contributed by atoms with Crippen molar-refractivity contribution in [2.75, 3.05) is 6.54 Å². The van der Waals surface area contributed by atoms with Crippen molar-refractivity contribution in [3.8, 4) is 5.75 Å². The summed E-state index contributed by atoms with van der Waals surface area (Å²) in [6.07, 6.45) is -0.663. The third-order valence-electron chi connectivity index (χ3n) is 2.57. The zero-order valence-corrected chi connectivity index (χ0v) is 12.2. The number of carbonyl (C=O) groups excluding carboxylic acids is 1. The number of halogens is 1. The first-order valence-electron chi connectivity index (χ1n) is 6.28. The number of para-hydroxylation sites is 1. The summed E-state index contributed by atoms with van der Waals surface area (Å²) in [5, 5.41) is 12.4. The van der Waals surface area contributed by atoms with Crippen LogP contribution < -0.4 is 10.1 Å². The Balaban J connectivity index is 2.71. The lowest BCUT2D eigenvalue weighted by Gasteiger charge is -2.18. The van der Waals surface area contributed by atoms with Gasteiger partial charge in [-0.25, -0.2) is 0 Å². The zero-order valence-electron chi connectivity index (χ0n) is 11.4. The Hall–Kier alpha value is -1.26. The lowest BCUT2D eigenvalue weighted by atomic mass is 10.2. The average molecular weight is 286 g/mol. The highest BCUT2D eigenvalue weighted by molar-refractivity contribution is 6.32. The van der Waals surface area contributed by atoms with Crippen molar-refractivity contribution in [2.24, 2.45) is 5.92 Å². The van der Waals surface area contributed by atoms with Gasteiger partial charge in [0.1, 0.15) is 5.75 Å². The number of ether oxygens (including phenoxy) is 1. The summed E-state index contributed by atoms with van der Waals surface area (Å²) in [5.74, 6) is 0.542. The number of aliphatic hydroxyl groups excluding tert-OH is 1. The van der Waals surface area contributed by atoms with Crippen LogP contribution in [0.3, 0.4) is 0 Å². The monoisotopic (exact) mass is 285 g/mol. The number of aliphatic hydroxyl groups is 1. The van der Waals surface area contributed by atoms with Crippen LogP contribution in [-0.4, -0.2) is 23.7 Å². The fourth-order valence-electron chi connectivity index (χ4n) is 1.49. The molecule has 1 unspecified atom stereocenters. The van der Waals surface area contributed by atoms with Crippen LogP contribution in [0.25, 0.3) is 0 Å². The van der Waals surface area contributed by atoms with Crippen molar-refractivity contribution in [1.82, 2.24) is 5.32 Å². The molecular weight excluding hydrogens is 266 g/mol. The minimum absolute atomic E-state index is 0.184. The Morgan fingerprint density at radius 1 is 1.42 bits per heavy atom. The van der Waals surface area contributed by atoms with E-state index in [-0.39, 0.29) is 12.5 Å². The van der Waals surface area contributed by atoms with Crippen LogP contribution >= 0.6 is 11.6 Å². The Morgan fingerprint density at radius 3 is 2.68 bits per heavy atom. The normalized spacial score (nSPS) is 12.3. The molecule has 1 amide bonds.